The van der Waals surface area contributed by atoms with Crippen molar-refractivity contribution in [1.82, 2.24) is 10.6 Å². The summed E-state index contributed by atoms with van der Waals surface area (Å²) >= 11 is 0. The standard InChI is InChI=1S/C23H33N3O3.HI/c1-18(2)27-15-6-5-13-24-23(25-14-11-19-8-7-16-28-19)26-21-12-17-29-22-10-4-3-9-20(21)22;/h3-4,7-10,16,18,21H,5-6,11-15,17H2,1-2H3,(H2,24,25,26);1H. The summed E-state index contributed by atoms with van der Waals surface area (Å²) in [5.41, 5.74) is 1.18. The van der Waals surface area contributed by atoms with Gasteiger partial charge in [-0.1, -0.05) is 18.2 Å². The molecule has 3 rings (SSSR count). The molecular formula is C23H34IN3O3. The average Bonchev–Trinajstić information content (AvgIpc) is 3.24. The first-order valence-corrected chi connectivity index (χ1v) is 10.6. The van der Waals surface area contributed by atoms with Gasteiger partial charge in [-0.3, -0.25) is 4.99 Å². The van der Waals surface area contributed by atoms with Crippen LogP contribution in [0.25, 0.3) is 0 Å². The molecule has 0 bridgehead atoms. The van der Waals surface area contributed by atoms with Crippen LogP contribution in [0.5, 0.6) is 5.75 Å². The second-order valence-corrected chi connectivity index (χ2v) is 7.49. The molecule has 0 saturated heterocycles. The highest BCUT2D eigenvalue weighted by atomic mass is 127. The molecule has 6 nitrogen and oxygen atoms in total. The Labute approximate surface area is 196 Å². The molecule has 1 aliphatic rings. The Bertz CT molecular complexity index is 750. The Hall–Kier alpha value is -1.74. The molecule has 0 saturated carbocycles. The number of aliphatic imine (C=N–C) groups is 1. The Balaban J connectivity index is 0.00000320. The Morgan fingerprint density at radius 2 is 2.07 bits per heavy atom. The lowest BCUT2D eigenvalue weighted by Gasteiger charge is -2.28. The van der Waals surface area contributed by atoms with Crippen molar-refractivity contribution in [3.05, 3.63) is 54.0 Å². The number of rotatable bonds is 10. The van der Waals surface area contributed by atoms with E-state index in [1.165, 1.54) is 5.56 Å². The Morgan fingerprint density at radius 3 is 2.87 bits per heavy atom. The van der Waals surface area contributed by atoms with Gasteiger partial charge in [0.05, 0.1) is 25.0 Å². The van der Waals surface area contributed by atoms with Gasteiger partial charge in [-0.25, -0.2) is 0 Å². The maximum atomic E-state index is 5.78. The molecule has 1 atom stereocenters. The number of ether oxygens (including phenoxy) is 2. The van der Waals surface area contributed by atoms with Gasteiger partial charge >= 0.3 is 0 Å². The summed E-state index contributed by atoms with van der Waals surface area (Å²) < 4.78 is 16.8. The molecule has 2 N–H and O–H groups in total. The monoisotopic (exact) mass is 527 g/mol. The van der Waals surface area contributed by atoms with E-state index >= 15 is 0 Å². The minimum atomic E-state index is 0. The zero-order chi connectivity index (χ0) is 20.3. The van der Waals surface area contributed by atoms with Crippen LogP contribution in [0.3, 0.4) is 0 Å². The summed E-state index contributed by atoms with van der Waals surface area (Å²) in [5, 5.41) is 7.05. The Kier molecular flexibility index (Phi) is 11.1. The zero-order valence-electron chi connectivity index (χ0n) is 17.9. The average molecular weight is 527 g/mol. The van der Waals surface area contributed by atoms with Gasteiger partial charge in [-0.05, 0) is 44.9 Å². The molecule has 2 aromatic rings. The molecule has 1 aromatic carbocycles. The molecular weight excluding hydrogens is 493 g/mol. The van der Waals surface area contributed by atoms with Crippen molar-refractivity contribution < 1.29 is 13.9 Å². The first-order valence-electron chi connectivity index (χ1n) is 10.6. The third-order valence-corrected chi connectivity index (χ3v) is 4.79. The van der Waals surface area contributed by atoms with Crippen LogP contribution in [0.4, 0.5) is 0 Å². The molecule has 0 radical (unpaired) electrons. The summed E-state index contributed by atoms with van der Waals surface area (Å²) in [6.45, 7) is 7.16. The number of unbranched alkanes of at least 4 members (excludes halogenated alkanes) is 1. The van der Waals surface area contributed by atoms with Gasteiger partial charge in [0.2, 0.25) is 0 Å². The van der Waals surface area contributed by atoms with E-state index in [0.29, 0.717) is 6.61 Å². The predicted molar refractivity (Wildman–Crippen MR) is 131 cm³/mol. The van der Waals surface area contributed by atoms with Crippen LogP contribution in [0.15, 0.2) is 52.1 Å². The van der Waals surface area contributed by atoms with E-state index in [9.17, 15) is 0 Å². The minimum Gasteiger partial charge on any atom is -0.493 e. The lowest BCUT2D eigenvalue weighted by molar-refractivity contribution is 0.0763. The number of furan rings is 1. The fourth-order valence-corrected chi connectivity index (χ4v) is 3.29. The van der Waals surface area contributed by atoms with E-state index in [1.807, 2.05) is 24.3 Å². The second-order valence-electron chi connectivity index (χ2n) is 7.49. The summed E-state index contributed by atoms with van der Waals surface area (Å²) in [7, 11) is 0. The minimum absolute atomic E-state index is 0. The first kappa shape index (κ1) is 24.5. The number of halogens is 1. The number of nitrogens with zero attached hydrogens (tertiary/aromatic N) is 1. The third kappa shape index (κ3) is 8.18. The second kappa shape index (κ2) is 13.5. The van der Waals surface area contributed by atoms with E-state index in [4.69, 9.17) is 18.9 Å². The molecule has 30 heavy (non-hydrogen) atoms. The molecule has 7 heteroatoms. The summed E-state index contributed by atoms with van der Waals surface area (Å²) in [5.74, 6) is 2.76. The van der Waals surface area contributed by atoms with E-state index in [2.05, 4.69) is 36.6 Å². The molecule has 166 valence electrons. The van der Waals surface area contributed by atoms with Gasteiger partial charge in [0.25, 0.3) is 0 Å². The lowest BCUT2D eigenvalue weighted by atomic mass is 10.0. The summed E-state index contributed by atoms with van der Waals surface area (Å²) in [6, 6.07) is 12.3. The smallest absolute Gasteiger partial charge is 0.191 e. The van der Waals surface area contributed by atoms with E-state index in [-0.39, 0.29) is 36.1 Å². The fourth-order valence-electron chi connectivity index (χ4n) is 3.29. The predicted octanol–water partition coefficient (Wildman–Crippen LogP) is 4.70. The summed E-state index contributed by atoms with van der Waals surface area (Å²) in [6.07, 6.45) is 5.75. The van der Waals surface area contributed by atoms with Crippen molar-refractivity contribution in [2.75, 3.05) is 26.3 Å². The maximum Gasteiger partial charge on any atom is 0.191 e. The number of hydrogen-bond acceptors (Lipinski definition) is 4. The van der Waals surface area contributed by atoms with Crippen molar-refractivity contribution in [2.24, 2.45) is 4.99 Å². The number of para-hydroxylation sites is 1. The highest BCUT2D eigenvalue weighted by Gasteiger charge is 2.21. The van der Waals surface area contributed by atoms with Crippen molar-refractivity contribution in [2.45, 2.75) is 51.7 Å². The zero-order valence-corrected chi connectivity index (χ0v) is 20.3. The van der Waals surface area contributed by atoms with Crippen molar-refractivity contribution >= 4 is 29.9 Å². The molecule has 0 aliphatic carbocycles. The van der Waals surface area contributed by atoms with Crippen LogP contribution >= 0.6 is 24.0 Å². The molecule has 0 spiro atoms. The molecule has 1 aliphatic heterocycles. The largest absolute Gasteiger partial charge is 0.493 e. The van der Waals surface area contributed by atoms with E-state index in [0.717, 1.165) is 62.8 Å². The molecule has 0 fully saturated rings. The fraction of sp³-hybridized carbons (Fsp3) is 0.522. The van der Waals surface area contributed by atoms with Crippen molar-refractivity contribution in [3.8, 4) is 5.75 Å². The van der Waals surface area contributed by atoms with Gasteiger partial charge in [0.1, 0.15) is 11.5 Å². The Morgan fingerprint density at radius 1 is 1.20 bits per heavy atom. The number of guanidine groups is 1. The SMILES string of the molecule is CC(C)OCCCCN=C(NCCc1ccco1)NC1CCOc2ccccc21.I. The highest BCUT2D eigenvalue weighted by Crippen LogP contribution is 2.31. The van der Waals surface area contributed by atoms with Crippen LogP contribution in [0, 0.1) is 0 Å². The normalized spacial score (nSPS) is 15.8. The van der Waals surface area contributed by atoms with Crippen molar-refractivity contribution in [1.29, 1.82) is 0 Å². The highest BCUT2D eigenvalue weighted by molar-refractivity contribution is 14.0. The maximum absolute atomic E-state index is 5.78. The first-order chi connectivity index (χ1) is 14.2. The van der Waals surface area contributed by atoms with Crippen LogP contribution in [0.2, 0.25) is 0 Å². The van der Waals surface area contributed by atoms with Gasteiger partial charge < -0.3 is 24.5 Å². The third-order valence-electron chi connectivity index (χ3n) is 4.79. The van der Waals surface area contributed by atoms with Crippen LogP contribution in [-0.2, 0) is 11.2 Å². The molecule has 0 amide bonds. The number of hydrogen-bond donors (Lipinski definition) is 2. The van der Waals surface area contributed by atoms with E-state index in [1.54, 1.807) is 6.26 Å². The number of fused-ring (bicyclic) bond motifs is 1. The quantitative estimate of drug-likeness (QED) is 0.203. The van der Waals surface area contributed by atoms with Gasteiger partial charge in [-0.15, -0.1) is 24.0 Å². The van der Waals surface area contributed by atoms with Gasteiger partial charge in [0.15, 0.2) is 5.96 Å². The van der Waals surface area contributed by atoms with E-state index < -0.39 is 0 Å². The molecule has 1 unspecified atom stereocenters. The lowest BCUT2D eigenvalue weighted by Crippen LogP contribution is -2.42. The number of nitrogens with one attached hydrogen (secondary N) is 2. The van der Waals surface area contributed by atoms with Crippen LogP contribution in [0.1, 0.15) is 50.5 Å². The van der Waals surface area contributed by atoms with Gasteiger partial charge in [-0.2, -0.15) is 0 Å². The molecule has 1 aromatic heterocycles. The topological polar surface area (TPSA) is 68.0 Å². The van der Waals surface area contributed by atoms with Gasteiger partial charge in [0, 0.05) is 38.1 Å². The molecule has 2 heterocycles. The van der Waals surface area contributed by atoms with Crippen LogP contribution < -0.4 is 15.4 Å². The summed E-state index contributed by atoms with van der Waals surface area (Å²) in [4.78, 5) is 4.79. The van der Waals surface area contributed by atoms with Crippen LogP contribution in [-0.4, -0.2) is 38.4 Å². The van der Waals surface area contributed by atoms with Crippen molar-refractivity contribution in [3.63, 3.8) is 0 Å². The number of benzene rings is 1.